The smallest absolute Gasteiger partial charge is 0.139 e. The highest BCUT2D eigenvalue weighted by molar-refractivity contribution is 6.32. The Morgan fingerprint density at radius 1 is 1.18 bits per heavy atom. The molecular formula is C17H24ClFN2O. The summed E-state index contributed by atoms with van der Waals surface area (Å²) in [7, 11) is 0. The summed E-state index contributed by atoms with van der Waals surface area (Å²) < 4.78 is 13.9. The fourth-order valence-corrected chi connectivity index (χ4v) is 4.18. The third-order valence-corrected chi connectivity index (χ3v) is 5.31. The Hall–Kier alpha value is -0.840. The Bertz CT molecular complexity index is 496. The maximum Gasteiger partial charge on any atom is 0.139 e. The summed E-state index contributed by atoms with van der Waals surface area (Å²) in [5, 5.41) is 13.9. The van der Waals surface area contributed by atoms with Gasteiger partial charge in [-0.05, 0) is 30.9 Å². The molecule has 0 amide bonds. The summed E-state index contributed by atoms with van der Waals surface area (Å²) >= 11 is 6.02. The number of benzene rings is 1. The number of hydrogen-bond acceptors (Lipinski definition) is 3. The van der Waals surface area contributed by atoms with Crippen LogP contribution in [0.5, 0.6) is 5.75 Å². The Labute approximate surface area is 136 Å². The van der Waals surface area contributed by atoms with Crippen LogP contribution in [0.3, 0.4) is 0 Å². The van der Waals surface area contributed by atoms with Gasteiger partial charge in [0.15, 0.2) is 0 Å². The molecule has 1 atom stereocenters. The lowest BCUT2D eigenvalue weighted by molar-refractivity contribution is 0.101. The minimum absolute atomic E-state index is 0.0529. The van der Waals surface area contributed by atoms with Gasteiger partial charge in [-0.2, -0.15) is 0 Å². The molecule has 22 heavy (non-hydrogen) atoms. The second kappa shape index (κ2) is 7.16. The van der Waals surface area contributed by atoms with E-state index in [9.17, 15) is 9.50 Å². The van der Waals surface area contributed by atoms with Gasteiger partial charge in [0.05, 0.1) is 5.02 Å². The highest BCUT2D eigenvalue weighted by atomic mass is 35.5. The average molecular weight is 327 g/mol. The largest absolute Gasteiger partial charge is 0.506 e. The van der Waals surface area contributed by atoms with E-state index >= 15 is 0 Å². The van der Waals surface area contributed by atoms with E-state index in [4.69, 9.17) is 11.6 Å². The minimum Gasteiger partial charge on any atom is -0.506 e. The highest BCUT2D eigenvalue weighted by Crippen LogP contribution is 2.43. The summed E-state index contributed by atoms with van der Waals surface area (Å²) in [5.74, 6) is 0.154. The van der Waals surface area contributed by atoms with Crippen LogP contribution >= 0.6 is 11.6 Å². The Morgan fingerprint density at radius 2 is 1.86 bits per heavy atom. The standard InChI is InChI=1S/C17H24ClFN2O/c18-15-11-13(19)10-14(17(15)22)16(12-4-2-1-3-5-12)21-8-6-20-7-9-21/h10-12,16,20,22H,1-9H2/t16-/m0/s1. The predicted molar refractivity (Wildman–Crippen MR) is 86.8 cm³/mol. The molecule has 0 spiro atoms. The van der Waals surface area contributed by atoms with Crippen molar-refractivity contribution in [2.45, 2.75) is 38.1 Å². The number of phenols is 1. The number of aromatic hydroxyl groups is 1. The normalized spacial score (nSPS) is 22.6. The minimum atomic E-state index is -0.367. The van der Waals surface area contributed by atoms with Gasteiger partial charge in [-0.1, -0.05) is 30.9 Å². The van der Waals surface area contributed by atoms with E-state index in [1.165, 1.54) is 31.4 Å². The lowest BCUT2D eigenvalue weighted by Crippen LogP contribution is -2.47. The van der Waals surface area contributed by atoms with Crippen LogP contribution in [-0.2, 0) is 0 Å². The quantitative estimate of drug-likeness (QED) is 0.888. The molecule has 3 rings (SSSR count). The summed E-state index contributed by atoms with van der Waals surface area (Å²) in [6, 6.07) is 2.73. The molecule has 2 aliphatic rings. The zero-order chi connectivity index (χ0) is 15.5. The lowest BCUT2D eigenvalue weighted by atomic mass is 9.80. The average Bonchev–Trinajstić information content (AvgIpc) is 2.54. The molecule has 5 heteroatoms. The van der Waals surface area contributed by atoms with E-state index in [2.05, 4.69) is 10.2 Å². The van der Waals surface area contributed by atoms with Crippen molar-refractivity contribution in [3.8, 4) is 5.75 Å². The molecule has 2 fully saturated rings. The fourth-order valence-electron chi connectivity index (χ4n) is 3.97. The number of piperazine rings is 1. The van der Waals surface area contributed by atoms with Gasteiger partial charge in [-0.3, -0.25) is 4.90 Å². The zero-order valence-corrected chi connectivity index (χ0v) is 13.6. The number of hydrogen-bond donors (Lipinski definition) is 2. The number of rotatable bonds is 3. The van der Waals surface area contributed by atoms with Crippen molar-refractivity contribution in [1.82, 2.24) is 10.2 Å². The van der Waals surface area contributed by atoms with Crippen molar-refractivity contribution in [2.24, 2.45) is 5.92 Å². The molecule has 0 aromatic heterocycles. The van der Waals surface area contributed by atoms with E-state index in [0.717, 1.165) is 39.0 Å². The van der Waals surface area contributed by atoms with Crippen LogP contribution in [0.4, 0.5) is 4.39 Å². The van der Waals surface area contributed by atoms with Crippen LogP contribution < -0.4 is 5.32 Å². The van der Waals surface area contributed by atoms with Crippen molar-refractivity contribution < 1.29 is 9.50 Å². The van der Waals surface area contributed by atoms with Crippen LogP contribution in [0.15, 0.2) is 12.1 Å². The monoisotopic (exact) mass is 326 g/mol. The molecular weight excluding hydrogens is 303 g/mol. The molecule has 3 nitrogen and oxygen atoms in total. The Kier molecular flexibility index (Phi) is 5.21. The van der Waals surface area contributed by atoms with E-state index in [1.54, 1.807) is 0 Å². The third kappa shape index (κ3) is 3.39. The van der Waals surface area contributed by atoms with Crippen molar-refractivity contribution >= 4 is 11.6 Å². The van der Waals surface area contributed by atoms with Gasteiger partial charge in [0.25, 0.3) is 0 Å². The first-order valence-corrected chi connectivity index (χ1v) is 8.67. The highest BCUT2D eigenvalue weighted by Gasteiger charge is 2.33. The molecule has 122 valence electrons. The lowest BCUT2D eigenvalue weighted by Gasteiger charge is -2.41. The number of phenolic OH excluding ortho intramolecular Hbond substituents is 1. The molecule has 1 aliphatic heterocycles. The maximum atomic E-state index is 13.9. The van der Waals surface area contributed by atoms with Crippen LogP contribution in [0, 0.1) is 11.7 Å². The van der Waals surface area contributed by atoms with Gasteiger partial charge in [-0.15, -0.1) is 0 Å². The SMILES string of the molecule is Oc1c(Cl)cc(F)cc1[C@H](C1CCCCC1)N1CCNCC1. The fraction of sp³-hybridized carbons (Fsp3) is 0.647. The van der Waals surface area contributed by atoms with Crippen LogP contribution in [0.25, 0.3) is 0 Å². The Balaban J connectivity index is 1.96. The molecule has 1 aromatic rings. The van der Waals surface area contributed by atoms with Crippen molar-refractivity contribution in [3.63, 3.8) is 0 Å². The van der Waals surface area contributed by atoms with Crippen LogP contribution in [-0.4, -0.2) is 36.2 Å². The predicted octanol–water partition coefficient (Wildman–Crippen LogP) is 3.71. The van der Waals surface area contributed by atoms with Gasteiger partial charge < -0.3 is 10.4 Å². The first-order valence-electron chi connectivity index (χ1n) is 8.29. The van der Waals surface area contributed by atoms with Gasteiger partial charge in [0.1, 0.15) is 11.6 Å². The van der Waals surface area contributed by atoms with Crippen molar-refractivity contribution in [3.05, 3.63) is 28.5 Å². The second-order valence-electron chi connectivity index (χ2n) is 6.45. The molecule has 1 heterocycles. The van der Waals surface area contributed by atoms with Gasteiger partial charge in [0.2, 0.25) is 0 Å². The number of nitrogens with one attached hydrogen (secondary N) is 1. The van der Waals surface area contributed by atoms with Gasteiger partial charge in [-0.25, -0.2) is 4.39 Å². The summed E-state index contributed by atoms with van der Waals surface area (Å²) in [6.07, 6.45) is 6.00. The first kappa shape index (κ1) is 16.0. The van der Waals surface area contributed by atoms with E-state index in [1.807, 2.05) is 0 Å². The summed E-state index contributed by atoms with van der Waals surface area (Å²) in [5.41, 5.74) is 0.666. The number of nitrogens with zero attached hydrogens (tertiary/aromatic N) is 1. The second-order valence-corrected chi connectivity index (χ2v) is 6.86. The molecule has 0 unspecified atom stereocenters. The van der Waals surface area contributed by atoms with Crippen LogP contribution in [0.2, 0.25) is 5.02 Å². The zero-order valence-electron chi connectivity index (χ0n) is 12.8. The molecule has 1 aliphatic carbocycles. The molecule has 1 aromatic carbocycles. The third-order valence-electron chi connectivity index (χ3n) is 5.02. The molecule has 0 bridgehead atoms. The topological polar surface area (TPSA) is 35.5 Å². The van der Waals surface area contributed by atoms with E-state index < -0.39 is 0 Å². The van der Waals surface area contributed by atoms with Crippen LogP contribution in [0.1, 0.15) is 43.7 Å². The van der Waals surface area contributed by atoms with E-state index in [0.29, 0.717) is 11.5 Å². The molecule has 2 N–H and O–H groups in total. The van der Waals surface area contributed by atoms with Gasteiger partial charge in [0, 0.05) is 37.8 Å². The number of halogens is 2. The van der Waals surface area contributed by atoms with Gasteiger partial charge >= 0.3 is 0 Å². The summed E-state index contributed by atoms with van der Waals surface area (Å²) in [6.45, 7) is 3.73. The van der Waals surface area contributed by atoms with Crippen molar-refractivity contribution in [2.75, 3.05) is 26.2 Å². The summed E-state index contributed by atoms with van der Waals surface area (Å²) in [4.78, 5) is 2.39. The molecule has 1 saturated carbocycles. The van der Waals surface area contributed by atoms with E-state index in [-0.39, 0.29) is 22.6 Å². The van der Waals surface area contributed by atoms with Crippen molar-refractivity contribution in [1.29, 1.82) is 0 Å². The Morgan fingerprint density at radius 3 is 2.55 bits per heavy atom. The molecule has 0 radical (unpaired) electrons. The molecule has 1 saturated heterocycles. The first-order chi connectivity index (χ1) is 10.7. The maximum absolute atomic E-state index is 13.9.